The van der Waals surface area contributed by atoms with Crippen molar-refractivity contribution in [3.05, 3.63) is 77.4 Å². The summed E-state index contributed by atoms with van der Waals surface area (Å²) in [6, 6.07) is 18.3. The Bertz CT molecular complexity index is 1290. The van der Waals surface area contributed by atoms with Crippen LogP contribution in [-0.4, -0.2) is 36.2 Å². The number of aromatic nitrogens is 5. The number of hydrogen-bond donors (Lipinski definition) is 1. The third-order valence-electron chi connectivity index (χ3n) is 5.78. The average Bonchev–Trinajstić information content (AvgIpc) is 3.53. The molecule has 0 saturated heterocycles. The zero-order valence-corrected chi connectivity index (χ0v) is 19.8. The molecular formula is C25H26N6OS. The van der Waals surface area contributed by atoms with Gasteiger partial charge in [-0.2, -0.15) is 5.10 Å². The number of benzene rings is 2. The van der Waals surface area contributed by atoms with Crippen LogP contribution in [0, 0.1) is 20.8 Å². The number of nitrogens with one attached hydrogen (secondary N) is 1. The predicted octanol–water partition coefficient (Wildman–Crippen LogP) is 4.99. The van der Waals surface area contributed by atoms with Crippen LogP contribution in [0.3, 0.4) is 0 Å². The van der Waals surface area contributed by atoms with Crippen molar-refractivity contribution in [1.29, 1.82) is 0 Å². The third-order valence-corrected chi connectivity index (χ3v) is 6.71. The molecule has 1 fully saturated rings. The Hall–Kier alpha value is -3.39. The minimum Gasteiger partial charge on any atom is -0.322 e. The van der Waals surface area contributed by atoms with Gasteiger partial charge in [0, 0.05) is 11.6 Å². The van der Waals surface area contributed by atoms with Gasteiger partial charge >= 0.3 is 0 Å². The zero-order valence-electron chi connectivity index (χ0n) is 18.9. The SMILES string of the molecule is Cc1ccc(-n2nc(C)c(NC(=O)CSc3nnc(C4CC4)n3-c3ccccc3)c2C)cc1. The molecule has 5 rings (SSSR count). The molecule has 1 saturated carbocycles. The monoisotopic (exact) mass is 458 g/mol. The number of thioether (sulfide) groups is 1. The van der Waals surface area contributed by atoms with Gasteiger partial charge in [-0.3, -0.25) is 9.36 Å². The van der Waals surface area contributed by atoms with E-state index < -0.39 is 0 Å². The van der Waals surface area contributed by atoms with Crippen LogP contribution in [0.15, 0.2) is 59.8 Å². The number of amides is 1. The molecule has 0 unspecified atom stereocenters. The van der Waals surface area contributed by atoms with E-state index in [4.69, 9.17) is 0 Å². The van der Waals surface area contributed by atoms with Gasteiger partial charge in [-0.1, -0.05) is 47.7 Å². The maximum atomic E-state index is 12.9. The molecule has 0 aliphatic heterocycles. The van der Waals surface area contributed by atoms with E-state index >= 15 is 0 Å². The van der Waals surface area contributed by atoms with Crippen LogP contribution in [0.25, 0.3) is 11.4 Å². The molecule has 0 spiro atoms. The quantitative estimate of drug-likeness (QED) is 0.395. The van der Waals surface area contributed by atoms with Gasteiger partial charge in [-0.15, -0.1) is 10.2 Å². The molecule has 1 aliphatic rings. The lowest BCUT2D eigenvalue weighted by Gasteiger charge is -2.10. The van der Waals surface area contributed by atoms with Crippen LogP contribution < -0.4 is 5.32 Å². The van der Waals surface area contributed by atoms with Crippen molar-refractivity contribution >= 4 is 23.4 Å². The first kappa shape index (κ1) is 21.5. The molecule has 1 N–H and O–H groups in total. The highest BCUT2D eigenvalue weighted by Gasteiger charge is 2.31. The summed E-state index contributed by atoms with van der Waals surface area (Å²) < 4.78 is 3.95. The Morgan fingerprint density at radius 1 is 1.00 bits per heavy atom. The summed E-state index contributed by atoms with van der Waals surface area (Å²) in [6.45, 7) is 5.94. The van der Waals surface area contributed by atoms with Crippen molar-refractivity contribution in [2.75, 3.05) is 11.1 Å². The fourth-order valence-corrected chi connectivity index (χ4v) is 4.63. The molecule has 2 aromatic heterocycles. The highest BCUT2D eigenvalue weighted by molar-refractivity contribution is 7.99. The fourth-order valence-electron chi connectivity index (χ4n) is 3.87. The number of rotatable bonds is 7. The summed E-state index contributed by atoms with van der Waals surface area (Å²) in [5, 5.41) is 17.3. The number of nitrogens with zero attached hydrogens (tertiary/aromatic N) is 5. The minimum atomic E-state index is -0.0924. The summed E-state index contributed by atoms with van der Waals surface area (Å²) in [4.78, 5) is 12.9. The summed E-state index contributed by atoms with van der Waals surface area (Å²) in [5.74, 6) is 1.59. The number of carbonyl (C=O) groups is 1. The van der Waals surface area contributed by atoms with Crippen LogP contribution in [0.5, 0.6) is 0 Å². The van der Waals surface area contributed by atoms with Gasteiger partial charge in [-0.25, -0.2) is 4.68 Å². The summed E-state index contributed by atoms with van der Waals surface area (Å²) in [6.07, 6.45) is 2.28. The third kappa shape index (κ3) is 4.43. The van der Waals surface area contributed by atoms with Gasteiger partial charge in [0.15, 0.2) is 5.16 Å². The zero-order chi connectivity index (χ0) is 22.9. The minimum absolute atomic E-state index is 0.0924. The number of para-hydroxylation sites is 1. The maximum Gasteiger partial charge on any atom is 0.234 e. The van der Waals surface area contributed by atoms with Gasteiger partial charge in [0.2, 0.25) is 5.91 Å². The number of hydrogen-bond acceptors (Lipinski definition) is 5. The molecule has 8 heteroatoms. The summed E-state index contributed by atoms with van der Waals surface area (Å²) >= 11 is 1.40. The molecule has 2 aromatic carbocycles. The van der Waals surface area contributed by atoms with E-state index in [9.17, 15) is 4.79 Å². The molecule has 0 atom stereocenters. The van der Waals surface area contributed by atoms with Crippen molar-refractivity contribution in [1.82, 2.24) is 24.5 Å². The smallest absolute Gasteiger partial charge is 0.234 e. The lowest BCUT2D eigenvalue weighted by atomic mass is 10.2. The molecule has 0 radical (unpaired) electrons. The van der Waals surface area contributed by atoms with Gasteiger partial charge in [-0.05, 0) is 57.9 Å². The van der Waals surface area contributed by atoms with Crippen LogP contribution >= 0.6 is 11.8 Å². The topological polar surface area (TPSA) is 77.6 Å². The molecule has 4 aromatic rings. The van der Waals surface area contributed by atoms with Crippen molar-refractivity contribution in [3.63, 3.8) is 0 Å². The molecule has 168 valence electrons. The molecule has 2 heterocycles. The van der Waals surface area contributed by atoms with Crippen LogP contribution in [0.1, 0.15) is 41.5 Å². The first-order chi connectivity index (χ1) is 16.0. The lowest BCUT2D eigenvalue weighted by Crippen LogP contribution is -2.16. The first-order valence-electron chi connectivity index (χ1n) is 11.1. The normalized spacial score (nSPS) is 13.3. The van der Waals surface area contributed by atoms with E-state index in [1.54, 1.807) is 0 Å². The van der Waals surface area contributed by atoms with E-state index in [2.05, 4.69) is 44.2 Å². The Morgan fingerprint density at radius 2 is 1.73 bits per heavy atom. The van der Waals surface area contributed by atoms with Crippen molar-refractivity contribution < 1.29 is 4.79 Å². The van der Waals surface area contributed by atoms with E-state index in [0.29, 0.717) is 5.92 Å². The van der Waals surface area contributed by atoms with E-state index in [-0.39, 0.29) is 11.7 Å². The Labute approximate surface area is 197 Å². The largest absolute Gasteiger partial charge is 0.322 e. The molecule has 0 bridgehead atoms. The van der Waals surface area contributed by atoms with Gasteiger partial charge in [0.25, 0.3) is 0 Å². The van der Waals surface area contributed by atoms with Crippen LogP contribution in [-0.2, 0) is 4.79 Å². The second kappa shape index (κ2) is 8.86. The molecule has 33 heavy (non-hydrogen) atoms. The van der Waals surface area contributed by atoms with Crippen molar-refractivity contribution in [2.24, 2.45) is 0 Å². The first-order valence-corrected chi connectivity index (χ1v) is 12.1. The predicted molar refractivity (Wildman–Crippen MR) is 130 cm³/mol. The average molecular weight is 459 g/mol. The molecular weight excluding hydrogens is 432 g/mol. The Morgan fingerprint density at radius 3 is 2.42 bits per heavy atom. The summed E-state index contributed by atoms with van der Waals surface area (Å²) in [5.41, 5.74) is 5.63. The summed E-state index contributed by atoms with van der Waals surface area (Å²) in [7, 11) is 0. The van der Waals surface area contributed by atoms with Crippen molar-refractivity contribution in [2.45, 2.75) is 44.7 Å². The second-order valence-electron chi connectivity index (χ2n) is 8.42. The Balaban J connectivity index is 1.32. The molecule has 1 aliphatic carbocycles. The second-order valence-corrected chi connectivity index (χ2v) is 9.36. The van der Waals surface area contributed by atoms with Crippen LogP contribution in [0.4, 0.5) is 5.69 Å². The lowest BCUT2D eigenvalue weighted by molar-refractivity contribution is -0.113. The van der Waals surface area contributed by atoms with E-state index in [1.165, 1.54) is 17.3 Å². The van der Waals surface area contributed by atoms with Gasteiger partial charge < -0.3 is 5.32 Å². The molecule has 7 nitrogen and oxygen atoms in total. The highest BCUT2D eigenvalue weighted by Crippen LogP contribution is 2.41. The highest BCUT2D eigenvalue weighted by atomic mass is 32.2. The van der Waals surface area contributed by atoms with E-state index in [1.807, 2.05) is 61.0 Å². The molecule has 1 amide bonds. The van der Waals surface area contributed by atoms with E-state index in [0.717, 1.165) is 52.3 Å². The fraction of sp³-hybridized carbons (Fsp3) is 0.280. The van der Waals surface area contributed by atoms with Gasteiger partial charge in [0.05, 0.1) is 28.5 Å². The Kier molecular flexibility index (Phi) is 5.76. The number of carbonyl (C=O) groups excluding carboxylic acids is 1. The number of anilines is 1. The van der Waals surface area contributed by atoms with Gasteiger partial charge in [0.1, 0.15) is 5.82 Å². The van der Waals surface area contributed by atoms with Crippen molar-refractivity contribution in [3.8, 4) is 11.4 Å². The number of aryl methyl sites for hydroxylation is 2. The maximum absolute atomic E-state index is 12.9. The van der Waals surface area contributed by atoms with Crippen LogP contribution in [0.2, 0.25) is 0 Å². The standard InChI is InChI=1S/C25H26N6OS/c1-16-9-13-21(14-10-16)31-18(3)23(17(2)29-31)26-22(32)15-33-25-28-27-24(19-11-12-19)30(25)20-7-5-4-6-8-20/h4-10,13-14,19H,11-12,15H2,1-3H3,(H,26,32).